The normalized spacial score (nSPS) is 19.3. The second-order valence-corrected chi connectivity index (χ2v) is 9.12. The van der Waals surface area contributed by atoms with Crippen LogP contribution in [-0.4, -0.2) is 71.6 Å². The van der Waals surface area contributed by atoms with Gasteiger partial charge >= 0.3 is 12.1 Å². The molecule has 0 spiro atoms. The Bertz CT molecular complexity index is 561. The molecule has 0 saturated carbocycles. The lowest BCUT2D eigenvalue weighted by molar-refractivity contribution is -0.136. The third-order valence-corrected chi connectivity index (χ3v) is 5.26. The van der Waals surface area contributed by atoms with Crippen LogP contribution in [0.25, 0.3) is 0 Å². The van der Waals surface area contributed by atoms with Gasteiger partial charge in [-0.3, -0.25) is 4.79 Å². The lowest BCUT2D eigenvalue weighted by Gasteiger charge is -2.41. The maximum absolute atomic E-state index is 13.2. The SMILES string of the molecule is CCCCNC(=O)N1CCN(C(=O)C(NC(=O)NC(C)(C)C)C(C)CC)CC1C. The van der Waals surface area contributed by atoms with Crippen LogP contribution in [-0.2, 0) is 4.79 Å². The number of hydrogen-bond acceptors (Lipinski definition) is 3. The minimum atomic E-state index is -0.584. The molecular weight excluding hydrogens is 370 g/mol. The lowest BCUT2D eigenvalue weighted by Crippen LogP contribution is -2.62. The molecule has 3 unspecified atom stereocenters. The van der Waals surface area contributed by atoms with Gasteiger partial charge in [0.2, 0.25) is 5.91 Å². The molecule has 0 aliphatic carbocycles. The zero-order chi connectivity index (χ0) is 22.2. The molecule has 0 radical (unpaired) electrons. The highest BCUT2D eigenvalue weighted by atomic mass is 16.2. The predicted octanol–water partition coefficient (Wildman–Crippen LogP) is 2.54. The summed E-state index contributed by atoms with van der Waals surface area (Å²) in [5.74, 6) is -0.0693. The van der Waals surface area contributed by atoms with Gasteiger partial charge < -0.3 is 25.8 Å². The number of carbonyl (C=O) groups excluding carboxylic acids is 3. The first-order valence-electron chi connectivity index (χ1n) is 10.9. The molecule has 3 N–H and O–H groups in total. The molecule has 0 bridgehead atoms. The van der Waals surface area contributed by atoms with E-state index in [4.69, 9.17) is 0 Å². The van der Waals surface area contributed by atoms with Crippen molar-refractivity contribution in [3.8, 4) is 0 Å². The summed E-state index contributed by atoms with van der Waals surface area (Å²) in [6, 6.07) is -1.06. The molecule has 1 rings (SSSR count). The maximum atomic E-state index is 13.2. The average Bonchev–Trinajstić information content (AvgIpc) is 2.63. The van der Waals surface area contributed by atoms with Crippen LogP contribution in [0.3, 0.4) is 0 Å². The van der Waals surface area contributed by atoms with E-state index >= 15 is 0 Å². The topological polar surface area (TPSA) is 93.8 Å². The molecule has 1 fully saturated rings. The van der Waals surface area contributed by atoms with Crippen LogP contribution in [0.5, 0.6) is 0 Å². The second kappa shape index (κ2) is 11.3. The van der Waals surface area contributed by atoms with E-state index in [1.165, 1.54) is 0 Å². The van der Waals surface area contributed by atoms with Crippen molar-refractivity contribution >= 4 is 18.0 Å². The van der Waals surface area contributed by atoms with E-state index in [2.05, 4.69) is 22.9 Å². The number of carbonyl (C=O) groups is 3. The number of nitrogens with zero attached hydrogens (tertiary/aromatic N) is 2. The largest absolute Gasteiger partial charge is 0.338 e. The number of amides is 5. The van der Waals surface area contributed by atoms with Gasteiger partial charge in [-0.2, -0.15) is 0 Å². The number of urea groups is 2. The number of hydrogen-bond donors (Lipinski definition) is 3. The zero-order valence-electron chi connectivity index (χ0n) is 19.3. The highest BCUT2D eigenvalue weighted by molar-refractivity contribution is 5.88. The van der Waals surface area contributed by atoms with Gasteiger partial charge in [-0.1, -0.05) is 33.6 Å². The van der Waals surface area contributed by atoms with Gasteiger partial charge in [0.05, 0.1) is 0 Å². The summed E-state index contributed by atoms with van der Waals surface area (Å²) in [7, 11) is 0. The molecule has 8 nitrogen and oxygen atoms in total. The Morgan fingerprint density at radius 1 is 1.14 bits per heavy atom. The van der Waals surface area contributed by atoms with E-state index < -0.39 is 6.04 Å². The standard InChI is InChI=1S/C21H41N5O3/c1-8-10-11-22-20(29)26-13-12-25(14-16(26)4)18(27)17(15(3)9-2)23-19(28)24-21(5,6)7/h15-17H,8-14H2,1-7H3,(H,22,29)(H2,23,24,28). The average molecular weight is 412 g/mol. The van der Waals surface area contributed by atoms with E-state index in [0.29, 0.717) is 26.2 Å². The Balaban J connectivity index is 2.73. The van der Waals surface area contributed by atoms with E-state index in [1.54, 1.807) is 9.80 Å². The van der Waals surface area contributed by atoms with E-state index in [1.807, 2.05) is 41.5 Å². The Morgan fingerprint density at radius 3 is 2.31 bits per heavy atom. The van der Waals surface area contributed by atoms with Gasteiger partial charge in [-0.25, -0.2) is 9.59 Å². The minimum absolute atomic E-state index is 0.0129. The fourth-order valence-corrected chi connectivity index (χ4v) is 3.33. The van der Waals surface area contributed by atoms with Crippen molar-refractivity contribution in [1.29, 1.82) is 0 Å². The first kappa shape index (κ1) is 25.0. The van der Waals surface area contributed by atoms with Crippen LogP contribution in [0.1, 0.15) is 67.7 Å². The van der Waals surface area contributed by atoms with E-state index in [-0.39, 0.29) is 35.5 Å². The Kier molecular flexibility index (Phi) is 9.73. The summed E-state index contributed by atoms with van der Waals surface area (Å²) in [5, 5.41) is 8.67. The first-order chi connectivity index (χ1) is 13.5. The Hall–Kier alpha value is -1.99. The summed E-state index contributed by atoms with van der Waals surface area (Å²) >= 11 is 0. The molecule has 0 aromatic rings. The van der Waals surface area contributed by atoms with Crippen LogP contribution < -0.4 is 16.0 Å². The molecule has 0 aromatic carbocycles. The van der Waals surface area contributed by atoms with Gasteiger partial charge in [0, 0.05) is 37.8 Å². The summed E-state index contributed by atoms with van der Waals surface area (Å²) in [5.41, 5.74) is -0.377. The number of piperazine rings is 1. The van der Waals surface area contributed by atoms with Crippen molar-refractivity contribution in [2.24, 2.45) is 5.92 Å². The zero-order valence-corrected chi connectivity index (χ0v) is 19.3. The minimum Gasteiger partial charge on any atom is -0.338 e. The van der Waals surface area contributed by atoms with Crippen LogP contribution in [0.2, 0.25) is 0 Å². The quantitative estimate of drug-likeness (QED) is 0.562. The molecule has 29 heavy (non-hydrogen) atoms. The maximum Gasteiger partial charge on any atom is 0.317 e. The summed E-state index contributed by atoms with van der Waals surface area (Å²) in [4.78, 5) is 41.5. The molecule has 168 valence electrons. The fourth-order valence-electron chi connectivity index (χ4n) is 3.33. The van der Waals surface area contributed by atoms with Crippen LogP contribution in [0.15, 0.2) is 0 Å². The van der Waals surface area contributed by atoms with Gasteiger partial charge in [0.25, 0.3) is 0 Å². The van der Waals surface area contributed by atoms with Gasteiger partial charge in [0.15, 0.2) is 0 Å². The molecule has 1 aliphatic rings. The predicted molar refractivity (Wildman–Crippen MR) is 116 cm³/mol. The van der Waals surface area contributed by atoms with Crippen molar-refractivity contribution in [3.05, 3.63) is 0 Å². The highest BCUT2D eigenvalue weighted by Crippen LogP contribution is 2.16. The second-order valence-electron chi connectivity index (χ2n) is 9.12. The molecule has 3 atom stereocenters. The smallest absolute Gasteiger partial charge is 0.317 e. The van der Waals surface area contributed by atoms with Crippen molar-refractivity contribution in [2.45, 2.75) is 85.4 Å². The summed E-state index contributed by atoms with van der Waals surface area (Å²) in [6.45, 7) is 15.8. The summed E-state index contributed by atoms with van der Waals surface area (Å²) in [6.07, 6.45) is 2.77. The molecule has 0 aromatic heterocycles. The fraction of sp³-hybridized carbons (Fsp3) is 0.857. The third kappa shape index (κ3) is 8.11. The Morgan fingerprint density at radius 2 is 1.79 bits per heavy atom. The molecule has 8 heteroatoms. The van der Waals surface area contributed by atoms with Gasteiger partial charge in [0.1, 0.15) is 6.04 Å². The van der Waals surface area contributed by atoms with E-state index in [0.717, 1.165) is 19.3 Å². The molecule has 1 heterocycles. The summed E-state index contributed by atoms with van der Waals surface area (Å²) < 4.78 is 0. The van der Waals surface area contributed by atoms with E-state index in [9.17, 15) is 14.4 Å². The molecular formula is C21H41N5O3. The van der Waals surface area contributed by atoms with Crippen molar-refractivity contribution in [2.75, 3.05) is 26.2 Å². The third-order valence-electron chi connectivity index (χ3n) is 5.26. The first-order valence-corrected chi connectivity index (χ1v) is 10.9. The van der Waals surface area contributed by atoms with Crippen LogP contribution >= 0.6 is 0 Å². The van der Waals surface area contributed by atoms with Gasteiger partial charge in [-0.15, -0.1) is 0 Å². The molecule has 5 amide bonds. The van der Waals surface area contributed by atoms with Crippen molar-refractivity contribution < 1.29 is 14.4 Å². The van der Waals surface area contributed by atoms with Crippen LogP contribution in [0.4, 0.5) is 9.59 Å². The highest BCUT2D eigenvalue weighted by Gasteiger charge is 2.35. The molecule has 1 saturated heterocycles. The van der Waals surface area contributed by atoms with Crippen molar-refractivity contribution in [1.82, 2.24) is 25.8 Å². The number of nitrogens with one attached hydrogen (secondary N) is 3. The lowest BCUT2D eigenvalue weighted by atomic mass is 9.97. The van der Waals surface area contributed by atoms with Gasteiger partial charge in [-0.05, 0) is 40.0 Å². The monoisotopic (exact) mass is 411 g/mol. The van der Waals surface area contributed by atoms with Crippen molar-refractivity contribution in [3.63, 3.8) is 0 Å². The van der Waals surface area contributed by atoms with Crippen LogP contribution in [0, 0.1) is 5.92 Å². The number of rotatable bonds is 7. The number of unbranched alkanes of at least 4 members (excludes halogenated alkanes) is 1. The molecule has 1 aliphatic heterocycles. The Labute approximate surface area is 176 Å².